The molecular formula is C36H48BBrN4O4. The van der Waals surface area contributed by atoms with Crippen molar-refractivity contribution in [1.82, 2.24) is 9.13 Å². The molecule has 46 heavy (non-hydrogen) atoms. The Bertz CT molecular complexity index is 1760. The number of benzene rings is 2. The molecule has 5 rings (SSSR count). The van der Waals surface area contributed by atoms with Gasteiger partial charge in [0.2, 0.25) is 0 Å². The summed E-state index contributed by atoms with van der Waals surface area (Å²) in [6.45, 7) is 16.9. The van der Waals surface area contributed by atoms with E-state index in [1.165, 1.54) is 5.56 Å². The van der Waals surface area contributed by atoms with Crippen LogP contribution in [-0.4, -0.2) is 27.5 Å². The van der Waals surface area contributed by atoms with Gasteiger partial charge in [-0.05, 0) is 95.3 Å². The molecule has 0 bridgehead atoms. The third-order valence-electron chi connectivity index (χ3n) is 9.06. The van der Waals surface area contributed by atoms with Crippen LogP contribution in [0.4, 0.5) is 0 Å². The van der Waals surface area contributed by atoms with E-state index in [0.717, 1.165) is 48.9 Å². The van der Waals surface area contributed by atoms with Gasteiger partial charge in [-0.1, -0.05) is 52.3 Å². The molecule has 1 saturated heterocycles. The summed E-state index contributed by atoms with van der Waals surface area (Å²) < 4.78 is 16.4. The van der Waals surface area contributed by atoms with E-state index in [4.69, 9.17) is 20.8 Å². The van der Waals surface area contributed by atoms with E-state index < -0.39 is 7.12 Å². The van der Waals surface area contributed by atoms with E-state index in [2.05, 4.69) is 28.1 Å². The van der Waals surface area contributed by atoms with Gasteiger partial charge in [-0.2, -0.15) is 0 Å². The van der Waals surface area contributed by atoms with Crippen molar-refractivity contribution < 1.29 is 9.31 Å². The van der Waals surface area contributed by atoms with Crippen LogP contribution in [0, 0.1) is 27.7 Å². The van der Waals surface area contributed by atoms with Crippen molar-refractivity contribution in [2.75, 3.05) is 0 Å². The molecule has 4 N–H and O–H groups in total. The molecule has 2 aromatic heterocycles. The average Bonchev–Trinajstić information content (AvgIpc) is 3.25. The van der Waals surface area contributed by atoms with Gasteiger partial charge >= 0.3 is 7.12 Å². The average molecular weight is 692 g/mol. The predicted molar refractivity (Wildman–Crippen MR) is 193 cm³/mol. The standard InChI is InChI=1S/C15H18N2O.C14H22BNO3.C7H8BrN/c1-10-11(2)15(18)17(3)9-14(10)13-6-4-12(8-16)5-7-13;1-9-10(2)12(17)16(7)8-11(9)15-18-13(3,4)14(5,6)19-15;8-7-3-1-6(5-9)2-4-7/h4-7,9H,8,16H2,1-3H3;8H,1-7H3;1-4H,5,9H2. The largest absolute Gasteiger partial charge is 0.496 e. The Labute approximate surface area is 282 Å². The highest BCUT2D eigenvalue weighted by Gasteiger charge is 2.52. The molecule has 0 saturated carbocycles. The zero-order valence-electron chi connectivity index (χ0n) is 28.8. The zero-order chi connectivity index (χ0) is 34.6. The Morgan fingerprint density at radius 2 is 1.09 bits per heavy atom. The van der Waals surface area contributed by atoms with Gasteiger partial charge < -0.3 is 29.9 Å². The normalized spacial score (nSPS) is 14.7. The smallest absolute Gasteiger partial charge is 0.399 e. The summed E-state index contributed by atoms with van der Waals surface area (Å²) in [4.78, 5) is 23.7. The highest BCUT2D eigenvalue weighted by molar-refractivity contribution is 9.10. The minimum Gasteiger partial charge on any atom is -0.399 e. The number of aromatic nitrogens is 2. The Hall–Kier alpha value is -3.28. The maximum Gasteiger partial charge on any atom is 0.496 e. The molecule has 4 aromatic rings. The third kappa shape index (κ3) is 8.35. The van der Waals surface area contributed by atoms with E-state index >= 15 is 0 Å². The quantitative estimate of drug-likeness (QED) is 0.280. The topological polar surface area (TPSA) is 114 Å². The molecule has 1 aliphatic rings. The summed E-state index contributed by atoms with van der Waals surface area (Å²) in [5, 5.41) is 0. The summed E-state index contributed by atoms with van der Waals surface area (Å²) in [5.41, 5.74) is 19.3. The molecule has 3 heterocycles. The van der Waals surface area contributed by atoms with Crippen molar-refractivity contribution in [3.8, 4) is 11.1 Å². The van der Waals surface area contributed by atoms with E-state index in [0.29, 0.717) is 13.1 Å². The zero-order valence-corrected chi connectivity index (χ0v) is 30.4. The number of nitrogens with zero attached hydrogens (tertiary/aromatic N) is 2. The van der Waals surface area contributed by atoms with Crippen LogP contribution in [-0.2, 0) is 36.5 Å². The molecule has 246 valence electrons. The van der Waals surface area contributed by atoms with Gasteiger partial charge in [0.25, 0.3) is 11.1 Å². The van der Waals surface area contributed by atoms with Gasteiger partial charge in [0.15, 0.2) is 0 Å². The summed E-state index contributed by atoms with van der Waals surface area (Å²) in [7, 11) is 3.12. The van der Waals surface area contributed by atoms with Gasteiger partial charge in [-0.15, -0.1) is 0 Å². The van der Waals surface area contributed by atoms with Crippen LogP contribution in [0.15, 0.2) is 75.0 Å². The van der Waals surface area contributed by atoms with Gasteiger partial charge in [0.05, 0.1) is 11.2 Å². The lowest BCUT2D eigenvalue weighted by atomic mass is 9.76. The van der Waals surface area contributed by atoms with Gasteiger partial charge in [-0.3, -0.25) is 9.59 Å². The number of aryl methyl sites for hydroxylation is 2. The van der Waals surface area contributed by atoms with E-state index in [1.54, 1.807) is 23.2 Å². The van der Waals surface area contributed by atoms with Crippen LogP contribution in [0.25, 0.3) is 11.1 Å². The third-order valence-corrected chi connectivity index (χ3v) is 9.59. The number of rotatable bonds is 4. The fourth-order valence-electron chi connectivity index (χ4n) is 4.92. The van der Waals surface area contributed by atoms with Crippen molar-refractivity contribution in [2.24, 2.45) is 25.6 Å². The summed E-state index contributed by atoms with van der Waals surface area (Å²) >= 11 is 3.33. The molecular weight excluding hydrogens is 643 g/mol. The van der Waals surface area contributed by atoms with E-state index in [-0.39, 0.29) is 22.3 Å². The summed E-state index contributed by atoms with van der Waals surface area (Å²) in [6, 6.07) is 16.1. The molecule has 10 heteroatoms. The maximum atomic E-state index is 11.9. The van der Waals surface area contributed by atoms with Crippen LogP contribution in [0.5, 0.6) is 0 Å². The fraction of sp³-hybridized carbons (Fsp3) is 0.389. The number of halogens is 1. The molecule has 0 radical (unpaired) electrons. The predicted octanol–water partition coefficient (Wildman–Crippen LogP) is 5.34. The Kier molecular flexibility index (Phi) is 12.2. The monoisotopic (exact) mass is 690 g/mol. The minimum atomic E-state index is -0.421. The van der Waals surface area contributed by atoms with Crippen molar-refractivity contribution in [3.05, 3.63) is 119 Å². The van der Waals surface area contributed by atoms with Crippen molar-refractivity contribution in [1.29, 1.82) is 0 Å². The highest BCUT2D eigenvalue weighted by atomic mass is 79.9. The highest BCUT2D eigenvalue weighted by Crippen LogP contribution is 2.36. The second-order valence-corrected chi connectivity index (χ2v) is 13.7. The van der Waals surface area contributed by atoms with Gasteiger partial charge in [0.1, 0.15) is 0 Å². The maximum absolute atomic E-state index is 11.9. The van der Waals surface area contributed by atoms with Crippen molar-refractivity contribution in [2.45, 2.75) is 79.7 Å². The Balaban J connectivity index is 0.000000200. The summed E-state index contributed by atoms with van der Waals surface area (Å²) in [5.74, 6) is 0. The second kappa shape index (κ2) is 15.1. The molecule has 0 amide bonds. The molecule has 0 unspecified atom stereocenters. The lowest BCUT2D eigenvalue weighted by Crippen LogP contribution is -2.41. The molecule has 1 fully saturated rings. The number of pyridine rings is 2. The number of hydrogen-bond donors (Lipinski definition) is 2. The minimum absolute atomic E-state index is 0.0257. The fourth-order valence-corrected chi connectivity index (χ4v) is 5.19. The number of hydrogen-bond acceptors (Lipinski definition) is 6. The second-order valence-electron chi connectivity index (χ2n) is 12.8. The van der Waals surface area contributed by atoms with Crippen LogP contribution >= 0.6 is 15.9 Å². The van der Waals surface area contributed by atoms with Crippen LogP contribution in [0.1, 0.15) is 61.1 Å². The SMILES string of the molecule is Cc1c(-c2ccc(CN)cc2)cn(C)c(=O)c1C.Cc1c(B2OC(C)(C)C(C)(C)O2)cn(C)c(=O)c1C.NCc1ccc(Br)cc1. The first-order valence-corrected chi connectivity index (χ1v) is 16.2. The van der Waals surface area contributed by atoms with Crippen molar-refractivity contribution >= 4 is 28.5 Å². The Morgan fingerprint density at radius 1 is 0.674 bits per heavy atom. The first-order valence-electron chi connectivity index (χ1n) is 15.4. The molecule has 0 atom stereocenters. The molecule has 1 aliphatic heterocycles. The van der Waals surface area contributed by atoms with Crippen LogP contribution in [0.2, 0.25) is 0 Å². The first-order chi connectivity index (χ1) is 21.4. The molecule has 0 spiro atoms. The lowest BCUT2D eigenvalue weighted by Gasteiger charge is -2.32. The summed E-state index contributed by atoms with van der Waals surface area (Å²) in [6.07, 6.45) is 3.70. The molecule has 0 aliphatic carbocycles. The first kappa shape index (κ1) is 37.2. The van der Waals surface area contributed by atoms with E-state index in [1.807, 2.05) is 104 Å². The number of nitrogens with two attached hydrogens (primary N) is 2. The van der Waals surface area contributed by atoms with E-state index in [9.17, 15) is 9.59 Å². The molecule has 2 aromatic carbocycles. The van der Waals surface area contributed by atoms with Crippen molar-refractivity contribution in [3.63, 3.8) is 0 Å². The molecule has 8 nitrogen and oxygen atoms in total. The van der Waals surface area contributed by atoms with Gasteiger partial charge in [-0.25, -0.2) is 0 Å². The van der Waals surface area contributed by atoms with Crippen LogP contribution < -0.4 is 28.0 Å². The van der Waals surface area contributed by atoms with Gasteiger partial charge in [0, 0.05) is 66.2 Å². The van der Waals surface area contributed by atoms with Crippen LogP contribution in [0.3, 0.4) is 0 Å². The Morgan fingerprint density at radius 3 is 1.54 bits per heavy atom. The lowest BCUT2D eigenvalue weighted by molar-refractivity contribution is 0.00578.